The zero-order valence-corrected chi connectivity index (χ0v) is 17.7. The molecule has 2 aromatic carbocycles. The van der Waals surface area contributed by atoms with Crippen LogP contribution in [0.1, 0.15) is 24.1 Å². The van der Waals surface area contributed by atoms with Crippen molar-refractivity contribution in [3.8, 4) is 5.75 Å². The molecule has 30 heavy (non-hydrogen) atoms. The van der Waals surface area contributed by atoms with E-state index in [1.165, 1.54) is 13.4 Å². The fourth-order valence-corrected chi connectivity index (χ4v) is 3.78. The summed E-state index contributed by atoms with van der Waals surface area (Å²) in [6, 6.07) is 12.3. The zero-order chi connectivity index (χ0) is 21.3. The lowest BCUT2D eigenvalue weighted by Gasteiger charge is -2.28. The molecule has 1 aliphatic heterocycles. The summed E-state index contributed by atoms with van der Waals surface area (Å²) in [5.41, 5.74) is 2.82. The number of fused-ring (bicyclic) bond motifs is 1. The topological polar surface area (TPSA) is 78.3 Å². The van der Waals surface area contributed by atoms with E-state index < -0.39 is 12.0 Å². The second-order valence-corrected chi connectivity index (χ2v) is 7.52. The molecule has 2 heterocycles. The molecule has 0 saturated heterocycles. The van der Waals surface area contributed by atoms with Gasteiger partial charge in [-0.3, -0.25) is 0 Å². The van der Waals surface area contributed by atoms with E-state index in [-0.39, 0.29) is 0 Å². The fourth-order valence-electron chi connectivity index (χ4n) is 3.32. The van der Waals surface area contributed by atoms with Crippen LogP contribution in [0.3, 0.4) is 0 Å². The molecule has 1 aromatic heterocycles. The number of carbonyl (C=O) groups is 1. The van der Waals surface area contributed by atoms with Gasteiger partial charge < -0.3 is 14.8 Å². The number of hydrogen-bond donors (Lipinski definition) is 1. The minimum Gasteiger partial charge on any atom is -0.489 e. The van der Waals surface area contributed by atoms with Crippen LogP contribution in [0.25, 0.3) is 0 Å². The smallest absolute Gasteiger partial charge is 0.338 e. The molecule has 0 fully saturated rings. The number of hydrogen-bond acceptors (Lipinski definition) is 6. The summed E-state index contributed by atoms with van der Waals surface area (Å²) in [6.07, 6.45) is 1.44. The van der Waals surface area contributed by atoms with Crippen LogP contribution in [-0.4, -0.2) is 27.8 Å². The second kappa shape index (κ2) is 8.38. The third kappa shape index (κ3) is 3.86. The lowest BCUT2D eigenvalue weighted by molar-refractivity contribution is -0.136. The van der Waals surface area contributed by atoms with Gasteiger partial charge in [0.2, 0.25) is 5.95 Å². The molecule has 1 aliphatic rings. The molecule has 1 unspecified atom stereocenters. The van der Waals surface area contributed by atoms with Crippen molar-refractivity contribution in [2.75, 3.05) is 12.4 Å². The van der Waals surface area contributed by atoms with Gasteiger partial charge in [-0.25, -0.2) is 9.48 Å². The molecular formula is C21H18Cl2N4O3. The van der Waals surface area contributed by atoms with Gasteiger partial charge in [-0.05, 0) is 36.8 Å². The van der Waals surface area contributed by atoms with Crippen molar-refractivity contribution in [2.24, 2.45) is 0 Å². The number of methoxy groups -OCH3 is 1. The number of aromatic nitrogens is 3. The summed E-state index contributed by atoms with van der Waals surface area (Å²) in [7, 11) is 1.36. The molecule has 0 spiro atoms. The number of ether oxygens (including phenoxy) is 2. The lowest BCUT2D eigenvalue weighted by atomic mass is 9.96. The van der Waals surface area contributed by atoms with Gasteiger partial charge in [-0.2, -0.15) is 10.1 Å². The molecule has 154 valence electrons. The van der Waals surface area contributed by atoms with E-state index in [1.54, 1.807) is 16.8 Å². The normalized spacial score (nSPS) is 15.4. The number of nitrogens with zero attached hydrogens (tertiary/aromatic N) is 3. The van der Waals surface area contributed by atoms with Crippen LogP contribution in [-0.2, 0) is 16.1 Å². The Labute approximate surface area is 183 Å². The third-order valence-electron chi connectivity index (χ3n) is 4.80. The van der Waals surface area contributed by atoms with Crippen LogP contribution < -0.4 is 10.1 Å². The predicted molar refractivity (Wildman–Crippen MR) is 114 cm³/mol. The molecule has 1 atom stereocenters. The molecule has 4 rings (SSSR count). The van der Waals surface area contributed by atoms with Crippen molar-refractivity contribution in [1.29, 1.82) is 0 Å². The Bertz CT molecular complexity index is 1130. The summed E-state index contributed by atoms with van der Waals surface area (Å²) in [5, 5.41) is 8.49. The fraction of sp³-hybridized carbons (Fsp3) is 0.190. The maximum absolute atomic E-state index is 12.4. The quantitative estimate of drug-likeness (QED) is 0.578. The van der Waals surface area contributed by atoms with Gasteiger partial charge in [0.05, 0.1) is 12.7 Å². The van der Waals surface area contributed by atoms with Crippen molar-refractivity contribution in [2.45, 2.75) is 19.6 Å². The average molecular weight is 445 g/mol. The lowest BCUT2D eigenvalue weighted by Crippen LogP contribution is -2.29. The van der Waals surface area contributed by atoms with Gasteiger partial charge in [0, 0.05) is 21.3 Å². The molecule has 3 aromatic rings. The van der Waals surface area contributed by atoms with Gasteiger partial charge in [0.1, 0.15) is 24.7 Å². The minimum absolute atomic E-state index is 0.308. The predicted octanol–water partition coefficient (Wildman–Crippen LogP) is 4.63. The monoisotopic (exact) mass is 444 g/mol. The number of halogens is 2. The van der Waals surface area contributed by atoms with E-state index in [0.717, 1.165) is 11.1 Å². The average Bonchev–Trinajstić information content (AvgIpc) is 3.20. The SMILES string of the molecule is COC(=O)C1=C(C)Nc2ncnn2C1c1ccc(OCc2ccc(Cl)cc2Cl)cc1. The number of esters is 1. The van der Waals surface area contributed by atoms with E-state index in [2.05, 4.69) is 15.4 Å². The first-order valence-electron chi connectivity index (χ1n) is 9.10. The van der Waals surface area contributed by atoms with Gasteiger partial charge in [-0.15, -0.1) is 0 Å². The van der Waals surface area contributed by atoms with Crippen molar-refractivity contribution >= 4 is 35.1 Å². The molecule has 0 amide bonds. The van der Waals surface area contributed by atoms with Crippen LogP contribution >= 0.6 is 23.2 Å². The summed E-state index contributed by atoms with van der Waals surface area (Å²) >= 11 is 12.1. The number of rotatable bonds is 5. The summed E-state index contributed by atoms with van der Waals surface area (Å²) in [6.45, 7) is 2.12. The van der Waals surface area contributed by atoms with E-state index >= 15 is 0 Å². The maximum Gasteiger partial charge on any atom is 0.338 e. The van der Waals surface area contributed by atoms with Crippen molar-refractivity contribution in [3.63, 3.8) is 0 Å². The molecule has 7 nitrogen and oxygen atoms in total. The van der Waals surface area contributed by atoms with E-state index in [1.807, 2.05) is 37.3 Å². The van der Waals surface area contributed by atoms with Crippen LogP contribution in [0.5, 0.6) is 5.75 Å². The number of benzene rings is 2. The van der Waals surface area contributed by atoms with E-state index in [4.69, 9.17) is 32.7 Å². The Morgan fingerprint density at radius 3 is 2.67 bits per heavy atom. The standard InChI is InChI=1S/C21H18Cl2N4O3/c1-12-18(20(28)29-2)19(27-21(26-12)24-11-25-27)13-4-7-16(8-5-13)30-10-14-3-6-15(22)9-17(14)23/h3-9,11,19H,10H2,1-2H3,(H,24,25,26). The maximum atomic E-state index is 12.4. The molecule has 9 heteroatoms. The first-order valence-corrected chi connectivity index (χ1v) is 9.86. The summed E-state index contributed by atoms with van der Waals surface area (Å²) < 4.78 is 12.5. The first-order chi connectivity index (χ1) is 14.5. The van der Waals surface area contributed by atoms with Crippen LogP contribution in [0.2, 0.25) is 10.0 Å². The number of anilines is 1. The van der Waals surface area contributed by atoms with Crippen molar-refractivity contribution < 1.29 is 14.3 Å². The van der Waals surface area contributed by atoms with Gasteiger partial charge >= 0.3 is 5.97 Å². The van der Waals surface area contributed by atoms with E-state index in [9.17, 15) is 4.79 Å². The summed E-state index contributed by atoms with van der Waals surface area (Å²) in [4.78, 5) is 16.7. The Kier molecular flexibility index (Phi) is 5.65. The number of carbonyl (C=O) groups excluding carboxylic acids is 1. The Hall–Kier alpha value is -3.03. The van der Waals surface area contributed by atoms with Gasteiger partial charge in [-0.1, -0.05) is 41.4 Å². The van der Waals surface area contributed by atoms with E-state index in [0.29, 0.717) is 39.6 Å². The minimum atomic E-state index is -0.462. The molecular weight excluding hydrogens is 427 g/mol. The largest absolute Gasteiger partial charge is 0.489 e. The molecule has 1 N–H and O–H groups in total. The molecule has 0 radical (unpaired) electrons. The Balaban J connectivity index is 1.59. The van der Waals surface area contributed by atoms with Crippen LogP contribution in [0.15, 0.2) is 60.1 Å². The van der Waals surface area contributed by atoms with Gasteiger partial charge in [0.15, 0.2) is 0 Å². The molecule has 0 saturated carbocycles. The second-order valence-electron chi connectivity index (χ2n) is 6.68. The molecule has 0 bridgehead atoms. The highest BCUT2D eigenvalue weighted by atomic mass is 35.5. The highest BCUT2D eigenvalue weighted by molar-refractivity contribution is 6.35. The first kappa shape index (κ1) is 20.3. The van der Waals surface area contributed by atoms with Gasteiger partial charge in [0.25, 0.3) is 0 Å². The van der Waals surface area contributed by atoms with Crippen molar-refractivity contribution in [3.05, 3.63) is 81.2 Å². The number of nitrogens with one attached hydrogen (secondary N) is 1. The summed E-state index contributed by atoms with van der Waals surface area (Å²) in [5.74, 6) is 0.796. The number of allylic oxidation sites excluding steroid dienone is 1. The Morgan fingerprint density at radius 1 is 1.20 bits per heavy atom. The molecule has 0 aliphatic carbocycles. The van der Waals surface area contributed by atoms with Crippen LogP contribution in [0, 0.1) is 0 Å². The van der Waals surface area contributed by atoms with Crippen molar-refractivity contribution in [1.82, 2.24) is 14.8 Å². The van der Waals surface area contributed by atoms with Crippen LogP contribution in [0.4, 0.5) is 5.95 Å². The highest BCUT2D eigenvalue weighted by Gasteiger charge is 2.33. The Morgan fingerprint density at radius 2 is 1.97 bits per heavy atom. The highest BCUT2D eigenvalue weighted by Crippen LogP contribution is 2.35. The zero-order valence-electron chi connectivity index (χ0n) is 16.2. The third-order valence-corrected chi connectivity index (χ3v) is 5.39.